The Kier molecular flexibility index (Phi) is 5.19. The van der Waals surface area contributed by atoms with E-state index in [2.05, 4.69) is 15.3 Å². The van der Waals surface area contributed by atoms with Gasteiger partial charge in [-0.3, -0.25) is 4.79 Å². The lowest BCUT2D eigenvalue weighted by Gasteiger charge is -2.08. The molecule has 6 nitrogen and oxygen atoms in total. The maximum Gasteiger partial charge on any atom is 0.306 e. The molecule has 1 aromatic rings. The van der Waals surface area contributed by atoms with Gasteiger partial charge in [0.05, 0.1) is 12.5 Å². The number of carbonyl (C=O) groups is 1. The molecule has 0 spiro atoms. The number of aliphatic carboxylic acids is 1. The minimum Gasteiger partial charge on any atom is -0.481 e. The first kappa shape index (κ1) is 13.2. The molecule has 1 unspecified atom stereocenters. The molecule has 0 saturated heterocycles. The van der Waals surface area contributed by atoms with Gasteiger partial charge in [0, 0.05) is 12.6 Å². The van der Waals surface area contributed by atoms with E-state index in [1.165, 1.54) is 6.33 Å². The Bertz CT molecular complexity index is 371. The van der Waals surface area contributed by atoms with Crippen molar-refractivity contribution in [2.24, 2.45) is 5.92 Å². The van der Waals surface area contributed by atoms with Crippen LogP contribution in [-0.4, -0.2) is 34.2 Å². The lowest BCUT2D eigenvalue weighted by atomic mass is 10.1. The summed E-state index contributed by atoms with van der Waals surface area (Å²) in [6.45, 7) is 4.65. The monoisotopic (exact) mass is 239 g/mol. The maximum absolute atomic E-state index is 10.6. The first-order valence-electron chi connectivity index (χ1n) is 5.55. The third kappa shape index (κ3) is 4.67. The summed E-state index contributed by atoms with van der Waals surface area (Å²) in [5.41, 5.74) is 0. The Morgan fingerprint density at radius 3 is 3.00 bits per heavy atom. The van der Waals surface area contributed by atoms with Crippen molar-refractivity contribution in [1.29, 1.82) is 0 Å². The van der Waals surface area contributed by atoms with Crippen molar-refractivity contribution in [3.8, 4) is 5.88 Å². The predicted molar refractivity (Wildman–Crippen MR) is 63.1 cm³/mol. The van der Waals surface area contributed by atoms with Crippen molar-refractivity contribution in [2.75, 3.05) is 18.5 Å². The lowest BCUT2D eigenvalue weighted by molar-refractivity contribution is -0.141. The summed E-state index contributed by atoms with van der Waals surface area (Å²) in [5, 5.41) is 11.8. The fourth-order valence-corrected chi connectivity index (χ4v) is 1.20. The molecular weight excluding hydrogens is 222 g/mol. The molecule has 0 aliphatic heterocycles. The predicted octanol–water partition coefficient (Wildman–Crippen LogP) is 1.40. The number of aromatic nitrogens is 2. The minimum atomic E-state index is -0.788. The molecule has 1 rings (SSSR count). The van der Waals surface area contributed by atoms with Gasteiger partial charge in [-0.05, 0) is 13.3 Å². The average molecular weight is 239 g/mol. The largest absolute Gasteiger partial charge is 0.481 e. The van der Waals surface area contributed by atoms with Crippen LogP contribution in [0.15, 0.2) is 12.4 Å². The zero-order valence-electron chi connectivity index (χ0n) is 10.0. The van der Waals surface area contributed by atoms with Crippen LogP contribution in [0.2, 0.25) is 0 Å². The van der Waals surface area contributed by atoms with Crippen molar-refractivity contribution in [3.63, 3.8) is 0 Å². The van der Waals surface area contributed by atoms with E-state index < -0.39 is 5.97 Å². The van der Waals surface area contributed by atoms with Crippen molar-refractivity contribution in [3.05, 3.63) is 12.4 Å². The smallest absolute Gasteiger partial charge is 0.306 e. The number of anilines is 1. The molecule has 0 aromatic carbocycles. The summed E-state index contributed by atoms with van der Waals surface area (Å²) in [6, 6.07) is 1.69. The van der Waals surface area contributed by atoms with Gasteiger partial charge < -0.3 is 15.2 Å². The fraction of sp³-hybridized carbons (Fsp3) is 0.545. The van der Waals surface area contributed by atoms with Gasteiger partial charge in [0.15, 0.2) is 0 Å². The Balaban J connectivity index is 2.41. The number of hydrogen-bond acceptors (Lipinski definition) is 5. The van der Waals surface area contributed by atoms with Crippen LogP contribution in [0, 0.1) is 5.92 Å². The molecular formula is C11H17N3O3. The third-order valence-electron chi connectivity index (χ3n) is 2.24. The van der Waals surface area contributed by atoms with Crippen molar-refractivity contribution in [1.82, 2.24) is 9.97 Å². The molecule has 17 heavy (non-hydrogen) atoms. The number of rotatable bonds is 7. The van der Waals surface area contributed by atoms with Gasteiger partial charge in [0.2, 0.25) is 5.88 Å². The van der Waals surface area contributed by atoms with E-state index in [4.69, 9.17) is 9.84 Å². The summed E-state index contributed by atoms with van der Waals surface area (Å²) in [6.07, 6.45) is 1.96. The topological polar surface area (TPSA) is 84.3 Å². The number of ether oxygens (including phenoxy) is 1. The van der Waals surface area contributed by atoms with Crippen LogP contribution in [0.4, 0.5) is 5.82 Å². The van der Waals surface area contributed by atoms with Crippen LogP contribution in [0.5, 0.6) is 5.88 Å². The zero-order chi connectivity index (χ0) is 12.7. The molecule has 0 fully saturated rings. The zero-order valence-corrected chi connectivity index (χ0v) is 10.0. The number of carboxylic acids is 1. The van der Waals surface area contributed by atoms with E-state index >= 15 is 0 Å². The van der Waals surface area contributed by atoms with E-state index in [-0.39, 0.29) is 5.92 Å². The van der Waals surface area contributed by atoms with Crippen molar-refractivity contribution >= 4 is 11.8 Å². The van der Waals surface area contributed by atoms with Gasteiger partial charge in [-0.1, -0.05) is 6.92 Å². The number of nitrogens with zero attached hydrogens (tertiary/aromatic N) is 2. The van der Waals surface area contributed by atoms with E-state index in [0.717, 1.165) is 0 Å². The molecule has 0 amide bonds. The molecule has 1 heterocycles. The first-order chi connectivity index (χ1) is 8.13. The summed E-state index contributed by atoms with van der Waals surface area (Å²) in [7, 11) is 0. The van der Waals surface area contributed by atoms with Crippen LogP contribution < -0.4 is 10.1 Å². The normalized spacial score (nSPS) is 11.9. The summed E-state index contributed by atoms with van der Waals surface area (Å²) in [4.78, 5) is 18.6. The van der Waals surface area contributed by atoms with Gasteiger partial charge in [0.25, 0.3) is 0 Å². The Labute approximate surface area is 100 Å². The molecule has 0 bridgehead atoms. The first-order valence-corrected chi connectivity index (χ1v) is 5.55. The second-order valence-electron chi connectivity index (χ2n) is 3.63. The molecule has 0 saturated carbocycles. The maximum atomic E-state index is 10.6. The van der Waals surface area contributed by atoms with Crippen molar-refractivity contribution in [2.45, 2.75) is 20.3 Å². The minimum absolute atomic E-state index is 0.365. The summed E-state index contributed by atoms with van der Waals surface area (Å²) < 4.78 is 5.23. The second kappa shape index (κ2) is 6.67. The highest BCUT2D eigenvalue weighted by molar-refractivity contribution is 5.69. The van der Waals surface area contributed by atoms with Crippen LogP contribution in [0.3, 0.4) is 0 Å². The van der Waals surface area contributed by atoms with E-state index in [1.54, 1.807) is 13.0 Å². The standard InChI is InChI=1S/C11H17N3O3/c1-3-17-10-6-9(13-7-14-10)12-5-4-8(2)11(15)16/h6-8H,3-5H2,1-2H3,(H,15,16)(H,12,13,14). The van der Waals surface area contributed by atoms with E-state index in [0.29, 0.717) is 31.3 Å². The molecule has 1 atom stereocenters. The Morgan fingerprint density at radius 2 is 2.35 bits per heavy atom. The van der Waals surface area contributed by atoms with Crippen LogP contribution in [-0.2, 0) is 4.79 Å². The van der Waals surface area contributed by atoms with Gasteiger partial charge >= 0.3 is 5.97 Å². The highest BCUT2D eigenvalue weighted by Gasteiger charge is 2.09. The number of carboxylic acid groups (broad SMARTS) is 1. The van der Waals surface area contributed by atoms with Gasteiger partial charge in [-0.2, -0.15) is 0 Å². The molecule has 0 radical (unpaired) electrons. The van der Waals surface area contributed by atoms with Crippen LogP contribution in [0.1, 0.15) is 20.3 Å². The molecule has 94 valence electrons. The SMILES string of the molecule is CCOc1cc(NCCC(C)C(=O)O)ncn1. The molecule has 0 aliphatic rings. The highest BCUT2D eigenvalue weighted by atomic mass is 16.5. The van der Waals surface area contributed by atoms with E-state index in [9.17, 15) is 4.79 Å². The highest BCUT2D eigenvalue weighted by Crippen LogP contribution is 2.11. The molecule has 1 aromatic heterocycles. The third-order valence-corrected chi connectivity index (χ3v) is 2.24. The van der Waals surface area contributed by atoms with Crippen molar-refractivity contribution < 1.29 is 14.6 Å². The summed E-state index contributed by atoms with van der Waals surface area (Å²) in [5.74, 6) is -0.00230. The van der Waals surface area contributed by atoms with Gasteiger partial charge in [-0.15, -0.1) is 0 Å². The van der Waals surface area contributed by atoms with Crippen LogP contribution in [0.25, 0.3) is 0 Å². The molecule has 0 aliphatic carbocycles. The molecule has 6 heteroatoms. The number of hydrogen-bond donors (Lipinski definition) is 2. The van der Waals surface area contributed by atoms with E-state index in [1.807, 2.05) is 6.92 Å². The number of nitrogens with one attached hydrogen (secondary N) is 1. The second-order valence-corrected chi connectivity index (χ2v) is 3.63. The Morgan fingerprint density at radius 1 is 1.59 bits per heavy atom. The summed E-state index contributed by atoms with van der Waals surface area (Å²) >= 11 is 0. The van der Waals surface area contributed by atoms with Gasteiger partial charge in [0.1, 0.15) is 12.1 Å². The molecule has 2 N–H and O–H groups in total. The lowest BCUT2D eigenvalue weighted by Crippen LogP contribution is -2.14. The quantitative estimate of drug-likeness (QED) is 0.748. The van der Waals surface area contributed by atoms with Gasteiger partial charge in [-0.25, -0.2) is 9.97 Å². The average Bonchev–Trinajstić information content (AvgIpc) is 2.29. The van der Waals surface area contributed by atoms with Crippen LogP contribution >= 0.6 is 0 Å². The Hall–Kier alpha value is -1.85. The fourth-order valence-electron chi connectivity index (χ4n) is 1.20.